The van der Waals surface area contributed by atoms with Crippen LogP contribution in [0.15, 0.2) is 60.8 Å². The van der Waals surface area contributed by atoms with Gasteiger partial charge in [-0.1, -0.05) is 42.5 Å². The van der Waals surface area contributed by atoms with Crippen LogP contribution < -0.4 is 10.1 Å². The Balaban J connectivity index is 1.54. The largest absolute Gasteiger partial charge is 0.496 e. The van der Waals surface area contributed by atoms with Gasteiger partial charge in [0, 0.05) is 11.3 Å². The van der Waals surface area contributed by atoms with E-state index in [0.29, 0.717) is 11.3 Å². The molecule has 0 fully saturated rings. The van der Waals surface area contributed by atoms with E-state index in [1.807, 2.05) is 36.5 Å². The van der Waals surface area contributed by atoms with Gasteiger partial charge in [-0.25, -0.2) is 0 Å². The van der Waals surface area contributed by atoms with Crippen LogP contribution in [-0.2, 0) is 13.0 Å². The van der Waals surface area contributed by atoms with E-state index in [1.165, 1.54) is 11.3 Å². The van der Waals surface area contributed by atoms with E-state index >= 15 is 0 Å². The van der Waals surface area contributed by atoms with E-state index in [-0.39, 0.29) is 11.9 Å². The number of benzene rings is 2. The molecule has 27 heavy (non-hydrogen) atoms. The number of hydrogen-bond donors (Lipinski definition) is 1. The second kappa shape index (κ2) is 7.66. The lowest BCUT2D eigenvalue weighted by Gasteiger charge is -2.24. The summed E-state index contributed by atoms with van der Waals surface area (Å²) in [6, 6.07) is 17.6. The Morgan fingerprint density at radius 1 is 1.19 bits per heavy atom. The summed E-state index contributed by atoms with van der Waals surface area (Å²) in [5.41, 5.74) is 4.13. The summed E-state index contributed by atoms with van der Waals surface area (Å²) in [6.07, 6.45) is 4.85. The molecule has 138 valence electrons. The number of para-hydroxylation sites is 1. The lowest BCUT2D eigenvalue weighted by Crippen LogP contribution is -2.31. The summed E-state index contributed by atoms with van der Waals surface area (Å²) in [6.45, 7) is 0.753. The maximum absolute atomic E-state index is 12.8. The van der Waals surface area contributed by atoms with Gasteiger partial charge >= 0.3 is 0 Å². The van der Waals surface area contributed by atoms with E-state index in [1.54, 1.807) is 19.2 Å². The molecule has 2 aromatic carbocycles. The summed E-state index contributed by atoms with van der Waals surface area (Å²) < 4.78 is 7.38. The van der Waals surface area contributed by atoms with Gasteiger partial charge < -0.3 is 10.1 Å². The lowest BCUT2D eigenvalue weighted by molar-refractivity contribution is 0.0929. The molecule has 1 unspecified atom stereocenters. The van der Waals surface area contributed by atoms with Crippen molar-refractivity contribution < 1.29 is 9.53 Å². The first-order chi connectivity index (χ1) is 13.3. The molecule has 0 saturated carbocycles. The smallest absolute Gasteiger partial charge is 0.255 e. The number of aromatic nitrogens is 2. The van der Waals surface area contributed by atoms with Crippen LogP contribution >= 0.6 is 0 Å². The zero-order chi connectivity index (χ0) is 18.6. The Morgan fingerprint density at radius 2 is 1.96 bits per heavy atom. The van der Waals surface area contributed by atoms with Crippen LogP contribution in [0, 0.1) is 0 Å². The van der Waals surface area contributed by atoms with Crippen LogP contribution in [0.4, 0.5) is 0 Å². The van der Waals surface area contributed by atoms with Crippen molar-refractivity contribution >= 4 is 5.91 Å². The summed E-state index contributed by atoms with van der Waals surface area (Å²) in [4.78, 5) is 12.8. The molecule has 0 saturated heterocycles. The van der Waals surface area contributed by atoms with Crippen LogP contribution in [0.5, 0.6) is 5.75 Å². The van der Waals surface area contributed by atoms with Crippen LogP contribution in [0.25, 0.3) is 0 Å². The molecular weight excluding hydrogens is 338 g/mol. The van der Waals surface area contributed by atoms with Crippen molar-refractivity contribution in [2.24, 2.45) is 0 Å². The van der Waals surface area contributed by atoms with Gasteiger partial charge in [0.2, 0.25) is 0 Å². The SMILES string of the molecule is COc1ccccc1C(=O)NC1CCCc2c1cnn2Cc1ccccc1. The van der Waals surface area contributed by atoms with Crippen molar-refractivity contribution in [2.45, 2.75) is 31.8 Å². The number of rotatable bonds is 5. The van der Waals surface area contributed by atoms with Crippen molar-refractivity contribution in [1.29, 1.82) is 0 Å². The van der Waals surface area contributed by atoms with Gasteiger partial charge in [0.05, 0.1) is 31.5 Å². The molecule has 1 N–H and O–H groups in total. The second-order valence-corrected chi connectivity index (χ2v) is 6.81. The molecule has 0 bridgehead atoms. The quantitative estimate of drug-likeness (QED) is 0.753. The molecular formula is C22H23N3O2. The van der Waals surface area contributed by atoms with Gasteiger partial charge in [-0.15, -0.1) is 0 Å². The van der Waals surface area contributed by atoms with Gasteiger partial charge in [0.25, 0.3) is 5.91 Å². The number of fused-ring (bicyclic) bond motifs is 1. The molecule has 3 aromatic rings. The molecule has 0 aliphatic heterocycles. The number of nitrogens with one attached hydrogen (secondary N) is 1. The molecule has 0 spiro atoms. The molecule has 1 atom stereocenters. The maximum atomic E-state index is 12.8. The van der Waals surface area contributed by atoms with Gasteiger partial charge in [0.1, 0.15) is 5.75 Å². The first-order valence-electron chi connectivity index (χ1n) is 9.28. The average molecular weight is 361 g/mol. The fraction of sp³-hybridized carbons (Fsp3) is 0.273. The predicted octanol–water partition coefficient (Wildman–Crippen LogP) is 3.75. The van der Waals surface area contributed by atoms with Crippen LogP contribution in [0.3, 0.4) is 0 Å². The molecule has 1 aliphatic rings. The number of methoxy groups -OCH3 is 1. The number of amides is 1. The van der Waals surface area contributed by atoms with E-state index in [2.05, 4.69) is 27.2 Å². The molecule has 1 aliphatic carbocycles. The number of carbonyl (C=O) groups excluding carboxylic acids is 1. The average Bonchev–Trinajstić information content (AvgIpc) is 3.12. The van der Waals surface area contributed by atoms with Gasteiger partial charge in [-0.05, 0) is 37.0 Å². The normalized spacial score (nSPS) is 15.8. The third-order valence-electron chi connectivity index (χ3n) is 5.09. The molecule has 5 nitrogen and oxygen atoms in total. The Kier molecular flexibility index (Phi) is 4.92. The highest BCUT2D eigenvalue weighted by molar-refractivity contribution is 5.97. The van der Waals surface area contributed by atoms with Crippen LogP contribution in [0.1, 0.15) is 46.1 Å². The molecule has 4 rings (SSSR count). The fourth-order valence-corrected chi connectivity index (χ4v) is 3.73. The first kappa shape index (κ1) is 17.3. The zero-order valence-electron chi connectivity index (χ0n) is 15.4. The topological polar surface area (TPSA) is 56.1 Å². The van der Waals surface area contributed by atoms with Crippen LogP contribution in [-0.4, -0.2) is 22.8 Å². The predicted molar refractivity (Wildman–Crippen MR) is 104 cm³/mol. The Morgan fingerprint density at radius 3 is 2.78 bits per heavy atom. The minimum Gasteiger partial charge on any atom is -0.496 e. The summed E-state index contributed by atoms with van der Waals surface area (Å²) in [5.74, 6) is 0.479. The molecule has 5 heteroatoms. The molecule has 1 heterocycles. The number of hydrogen-bond acceptors (Lipinski definition) is 3. The van der Waals surface area contributed by atoms with Gasteiger partial charge in [0.15, 0.2) is 0 Å². The zero-order valence-corrected chi connectivity index (χ0v) is 15.4. The first-order valence-corrected chi connectivity index (χ1v) is 9.28. The lowest BCUT2D eigenvalue weighted by atomic mass is 9.92. The number of ether oxygens (including phenoxy) is 1. The second-order valence-electron chi connectivity index (χ2n) is 6.81. The summed E-state index contributed by atoms with van der Waals surface area (Å²) in [5, 5.41) is 7.77. The maximum Gasteiger partial charge on any atom is 0.255 e. The van der Waals surface area contributed by atoms with Gasteiger partial charge in [-0.3, -0.25) is 9.48 Å². The summed E-state index contributed by atoms with van der Waals surface area (Å²) in [7, 11) is 1.58. The van der Waals surface area contributed by atoms with Crippen molar-refractivity contribution in [1.82, 2.24) is 15.1 Å². The van der Waals surface area contributed by atoms with E-state index in [9.17, 15) is 4.79 Å². The molecule has 1 aromatic heterocycles. The van der Waals surface area contributed by atoms with Crippen LogP contribution in [0.2, 0.25) is 0 Å². The van der Waals surface area contributed by atoms with E-state index in [4.69, 9.17) is 4.74 Å². The van der Waals surface area contributed by atoms with E-state index in [0.717, 1.165) is 31.4 Å². The van der Waals surface area contributed by atoms with Crippen molar-refractivity contribution in [2.75, 3.05) is 7.11 Å². The van der Waals surface area contributed by atoms with Crippen molar-refractivity contribution in [3.8, 4) is 5.75 Å². The molecule has 0 radical (unpaired) electrons. The van der Waals surface area contributed by atoms with Crippen molar-refractivity contribution in [3.05, 3.63) is 83.2 Å². The standard InChI is InChI=1S/C22H23N3O2/c1-27-21-13-6-5-10-17(21)22(26)24-19-11-7-12-20-18(19)14-23-25(20)15-16-8-3-2-4-9-16/h2-6,8-10,13-14,19H,7,11-12,15H2,1H3,(H,24,26). The minimum absolute atomic E-state index is 0.0179. The third kappa shape index (κ3) is 3.58. The highest BCUT2D eigenvalue weighted by Gasteiger charge is 2.26. The number of carbonyl (C=O) groups is 1. The Labute approximate surface area is 159 Å². The highest BCUT2D eigenvalue weighted by Crippen LogP contribution is 2.30. The monoisotopic (exact) mass is 361 g/mol. The third-order valence-corrected chi connectivity index (χ3v) is 5.09. The minimum atomic E-state index is -0.110. The summed E-state index contributed by atoms with van der Waals surface area (Å²) >= 11 is 0. The van der Waals surface area contributed by atoms with Crippen molar-refractivity contribution in [3.63, 3.8) is 0 Å². The number of nitrogens with zero attached hydrogens (tertiary/aromatic N) is 2. The van der Waals surface area contributed by atoms with E-state index < -0.39 is 0 Å². The Bertz CT molecular complexity index is 934. The molecule has 1 amide bonds. The fourth-order valence-electron chi connectivity index (χ4n) is 3.73. The van der Waals surface area contributed by atoms with Gasteiger partial charge in [-0.2, -0.15) is 5.10 Å². The highest BCUT2D eigenvalue weighted by atomic mass is 16.5. The Hall–Kier alpha value is -3.08.